The summed E-state index contributed by atoms with van der Waals surface area (Å²) in [5, 5.41) is 0. The molecule has 0 aliphatic heterocycles. The monoisotopic (exact) mass is 201 g/mol. The van der Waals surface area contributed by atoms with Gasteiger partial charge in [0.25, 0.3) is 0 Å². The van der Waals surface area contributed by atoms with Gasteiger partial charge in [-0.05, 0) is 12.1 Å². The van der Waals surface area contributed by atoms with Crippen molar-refractivity contribution in [3.63, 3.8) is 0 Å². The summed E-state index contributed by atoms with van der Waals surface area (Å²) in [6, 6.07) is 5.50. The summed E-state index contributed by atoms with van der Waals surface area (Å²) in [5.74, 6) is 5.49. The quantitative estimate of drug-likeness (QED) is 0.556. The average molecular weight is 201 g/mol. The van der Waals surface area contributed by atoms with E-state index in [1.165, 1.54) is 6.33 Å². The molecule has 2 heterocycles. The van der Waals surface area contributed by atoms with E-state index in [1.54, 1.807) is 18.6 Å². The molecule has 0 aliphatic rings. The predicted molar refractivity (Wildman–Crippen MR) is 55.4 cm³/mol. The van der Waals surface area contributed by atoms with Crippen molar-refractivity contribution in [3.05, 3.63) is 54.4 Å². The Morgan fingerprint density at radius 2 is 2.00 bits per heavy atom. The van der Waals surface area contributed by atoms with E-state index in [2.05, 4.69) is 20.4 Å². The molecule has 3 N–H and O–H groups in total. The molecule has 5 heteroatoms. The summed E-state index contributed by atoms with van der Waals surface area (Å²) in [7, 11) is 0. The zero-order valence-corrected chi connectivity index (χ0v) is 8.04. The molecule has 0 fully saturated rings. The summed E-state index contributed by atoms with van der Waals surface area (Å²) in [5.41, 5.74) is 4.42. The number of nitrogens with two attached hydrogens (primary N) is 1. The van der Waals surface area contributed by atoms with Crippen molar-refractivity contribution in [2.45, 2.75) is 6.04 Å². The fourth-order valence-corrected chi connectivity index (χ4v) is 1.36. The number of nitrogens with one attached hydrogen (secondary N) is 1. The third kappa shape index (κ3) is 2.15. The largest absolute Gasteiger partial charge is 0.271 e. The molecule has 15 heavy (non-hydrogen) atoms. The molecule has 2 aromatic heterocycles. The van der Waals surface area contributed by atoms with Crippen molar-refractivity contribution >= 4 is 0 Å². The Kier molecular flexibility index (Phi) is 2.96. The lowest BCUT2D eigenvalue weighted by Gasteiger charge is -2.14. The fourth-order valence-electron chi connectivity index (χ4n) is 1.36. The third-order valence-electron chi connectivity index (χ3n) is 2.06. The SMILES string of the molecule is NNC(c1cncnc1)c1ccccn1. The molecular weight excluding hydrogens is 190 g/mol. The van der Waals surface area contributed by atoms with E-state index in [0.29, 0.717) is 0 Å². The Morgan fingerprint density at radius 3 is 2.60 bits per heavy atom. The van der Waals surface area contributed by atoms with Crippen LogP contribution >= 0.6 is 0 Å². The lowest BCUT2D eigenvalue weighted by atomic mass is 10.1. The first-order valence-electron chi connectivity index (χ1n) is 4.54. The van der Waals surface area contributed by atoms with Gasteiger partial charge < -0.3 is 0 Å². The number of pyridine rings is 1. The van der Waals surface area contributed by atoms with E-state index in [4.69, 9.17) is 5.84 Å². The summed E-state index contributed by atoms with van der Waals surface area (Å²) in [4.78, 5) is 12.1. The van der Waals surface area contributed by atoms with Gasteiger partial charge in [-0.3, -0.25) is 10.8 Å². The van der Waals surface area contributed by atoms with Gasteiger partial charge in [-0.2, -0.15) is 0 Å². The van der Waals surface area contributed by atoms with E-state index in [0.717, 1.165) is 11.3 Å². The maximum absolute atomic E-state index is 5.49. The smallest absolute Gasteiger partial charge is 0.115 e. The molecule has 0 radical (unpaired) electrons. The van der Waals surface area contributed by atoms with Gasteiger partial charge >= 0.3 is 0 Å². The minimum absolute atomic E-state index is 0.174. The minimum Gasteiger partial charge on any atom is -0.271 e. The first-order chi connectivity index (χ1) is 7.42. The molecule has 2 aromatic rings. The number of hydrazine groups is 1. The van der Waals surface area contributed by atoms with Crippen molar-refractivity contribution in [1.82, 2.24) is 20.4 Å². The maximum atomic E-state index is 5.49. The molecule has 0 saturated carbocycles. The first-order valence-corrected chi connectivity index (χ1v) is 4.54. The van der Waals surface area contributed by atoms with Crippen LogP contribution in [0, 0.1) is 0 Å². The van der Waals surface area contributed by atoms with Crippen LogP contribution < -0.4 is 11.3 Å². The molecule has 2 rings (SSSR count). The van der Waals surface area contributed by atoms with Crippen molar-refractivity contribution < 1.29 is 0 Å². The number of hydrogen-bond donors (Lipinski definition) is 2. The number of aromatic nitrogens is 3. The second-order valence-electron chi connectivity index (χ2n) is 3.03. The van der Waals surface area contributed by atoms with Gasteiger partial charge in [0, 0.05) is 24.2 Å². The van der Waals surface area contributed by atoms with Crippen LogP contribution in [-0.4, -0.2) is 15.0 Å². The lowest BCUT2D eigenvalue weighted by Crippen LogP contribution is -2.29. The zero-order valence-electron chi connectivity index (χ0n) is 8.04. The topological polar surface area (TPSA) is 76.7 Å². The first kappa shape index (κ1) is 9.70. The number of rotatable bonds is 3. The highest BCUT2D eigenvalue weighted by Crippen LogP contribution is 2.16. The molecule has 0 saturated heterocycles. The van der Waals surface area contributed by atoms with Crippen molar-refractivity contribution in [3.8, 4) is 0 Å². The van der Waals surface area contributed by atoms with E-state index in [9.17, 15) is 0 Å². The van der Waals surface area contributed by atoms with Crippen LogP contribution in [0.1, 0.15) is 17.3 Å². The Balaban J connectivity index is 2.34. The Bertz CT molecular complexity index is 363. The van der Waals surface area contributed by atoms with Crippen LogP contribution in [0.25, 0.3) is 0 Å². The Morgan fingerprint density at radius 1 is 1.20 bits per heavy atom. The van der Waals surface area contributed by atoms with Gasteiger partial charge in [0.15, 0.2) is 0 Å². The summed E-state index contributed by atoms with van der Waals surface area (Å²) < 4.78 is 0. The number of nitrogens with zero attached hydrogens (tertiary/aromatic N) is 3. The van der Waals surface area contributed by atoms with Gasteiger partial charge in [0.05, 0.1) is 11.7 Å². The van der Waals surface area contributed by atoms with E-state index < -0.39 is 0 Å². The maximum Gasteiger partial charge on any atom is 0.115 e. The van der Waals surface area contributed by atoms with Gasteiger partial charge in [0.2, 0.25) is 0 Å². The minimum atomic E-state index is -0.174. The van der Waals surface area contributed by atoms with Crippen molar-refractivity contribution in [2.24, 2.45) is 5.84 Å². The normalized spacial score (nSPS) is 12.3. The van der Waals surface area contributed by atoms with Crippen LogP contribution in [0.5, 0.6) is 0 Å². The van der Waals surface area contributed by atoms with Crippen LogP contribution in [0.4, 0.5) is 0 Å². The summed E-state index contributed by atoms with van der Waals surface area (Å²) in [6.07, 6.45) is 6.64. The zero-order chi connectivity index (χ0) is 10.5. The van der Waals surface area contributed by atoms with E-state index in [-0.39, 0.29) is 6.04 Å². The number of hydrogen-bond acceptors (Lipinski definition) is 5. The molecule has 5 nitrogen and oxygen atoms in total. The predicted octanol–water partition coefficient (Wildman–Crippen LogP) is 0.424. The molecule has 1 atom stereocenters. The van der Waals surface area contributed by atoms with Gasteiger partial charge in [-0.1, -0.05) is 6.07 Å². The summed E-state index contributed by atoms with van der Waals surface area (Å²) in [6.45, 7) is 0. The van der Waals surface area contributed by atoms with Crippen LogP contribution in [0.15, 0.2) is 43.1 Å². The second-order valence-corrected chi connectivity index (χ2v) is 3.03. The molecule has 0 amide bonds. The van der Waals surface area contributed by atoms with E-state index in [1.807, 2.05) is 18.2 Å². The van der Waals surface area contributed by atoms with Crippen molar-refractivity contribution in [2.75, 3.05) is 0 Å². The molecule has 0 aliphatic carbocycles. The molecule has 0 bridgehead atoms. The van der Waals surface area contributed by atoms with E-state index >= 15 is 0 Å². The van der Waals surface area contributed by atoms with Gasteiger partial charge in [-0.15, -0.1) is 0 Å². The second kappa shape index (κ2) is 4.59. The molecule has 1 unspecified atom stereocenters. The highest BCUT2D eigenvalue weighted by Gasteiger charge is 2.13. The Labute approximate surface area is 87.4 Å². The van der Waals surface area contributed by atoms with Crippen LogP contribution in [-0.2, 0) is 0 Å². The summed E-state index contributed by atoms with van der Waals surface area (Å²) >= 11 is 0. The van der Waals surface area contributed by atoms with Gasteiger partial charge in [0.1, 0.15) is 6.33 Å². The highest BCUT2D eigenvalue weighted by atomic mass is 15.2. The lowest BCUT2D eigenvalue weighted by molar-refractivity contribution is 0.616. The Hall–Kier alpha value is -1.85. The average Bonchev–Trinajstić information content (AvgIpc) is 2.33. The fraction of sp³-hybridized carbons (Fsp3) is 0.100. The molecule has 0 spiro atoms. The third-order valence-corrected chi connectivity index (χ3v) is 2.06. The molecule has 0 aromatic carbocycles. The van der Waals surface area contributed by atoms with Crippen LogP contribution in [0.3, 0.4) is 0 Å². The highest BCUT2D eigenvalue weighted by molar-refractivity contribution is 5.22. The van der Waals surface area contributed by atoms with Crippen LogP contribution in [0.2, 0.25) is 0 Å². The molecular formula is C10H11N5. The van der Waals surface area contributed by atoms with Crippen molar-refractivity contribution in [1.29, 1.82) is 0 Å². The molecule has 76 valence electrons. The standard InChI is InChI=1S/C10H11N5/c11-15-10(8-5-12-7-13-6-8)9-3-1-2-4-14-9/h1-7,10,15H,11H2. The van der Waals surface area contributed by atoms with Gasteiger partial charge in [-0.25, -0.2) is 15.4 Å².